The Balaban J connectivity index is 1.99. The van der Waals surface area contributed by atoms with Gasteiger partial charge in [0.2, 0.25) is 0 Å². The highest BCUT2D eigenvalue weighted by Crippen LogP contribution is 2.30. The molecule has 5 heteroatoms. The van der Waals surface area contributed by atoms with Crippen molar-refractivity contribution in [3.63, 3.8) is 0 Å². The number of fused-ring (bicyclic) bond motifs is 1. The van der Waals surface area contributed by atoms with E-state index in [1.807, 2.05) is 24.3 Å². The molecule has 0 aromatic heterocycles. The zero-order chi connectivity index (χ0) is 20.9. The molecule has 1 aromatic rings. The van der Waals surface area contributed by atoms with Crippen LogP contribution in [0.5, 0.6) is 11.5 Å². The van der Waals surface area contributed by atoms with Gasteiger partial charge in [-0.15, -0.1) is 0 Å². The summed E-state index contributed by atoms with van der Waals surface area (Å²) in [5.74, 6) is 1.60. The third-order valence-corrected chi connectivity index (χ3v) is 5.61. The van der Waals surface area contributed by atoms with Crippen molar-refractivity contribution in [2.24, 2.45) is 0 Å². The SMILES string of the molecule is CCCCCCN(C)C1COCC(N(C)CCCCCC)Oc2ccccc2O1. The van der Waals surface area contributed by atoms with Crippen LogP contribution >= 0.6 is 0 Å². The Morgan fingerprint density at radius 1 is 0.724 bits per heavy atom. The standard InChI is InChI=1S/C24H42N2O3/c1-5-7-9-13-17-25(3)23-19-27-20-24(26(4)18-14-10-8-6-2)29-22-16-12-11-15-21(22)28-23/h11-12,15-16,23-24H,5-10,13-14,17-20H2,1-4H3. The van der Waals surface area contributed by atoms with Crippen LogP contribution in [0, 0.1) is 0 Å². The highest BCUT2D eigenvalue weighted by atomic mass is 16.6. The van der Waals surface area contributed by atoms with E-state index in [0.29, 0.717) is 13.2 Å². The first-order valence-corrected chi connectivity index (χ1v) is 11.6. The molecule has 0 aliphatic carbocycles. The average Bonchev–Trinajstić information content (AvgIpc) is 2.82. The Kier molecular flexibility index (Phi) is 11.4. The van der Waals surface area contributed by atoms with Crippen molar-refractivity contribution < 1.29 is 14.2 Å². The highest BCUT2D eigenvalue weighted by Gasteiger charge is 2.25. The zero-order valence-electron chi connectivity index (χ0n) is 19.1. The Hall–Kier alpha value is -1.30. The van der Waals surface area contributed by atoms with E-state index in [0.717, 1.165) is 24.6 Å². The summed E-state index contributed by atoms with van der Waals surface area (Å²) in [5.41, 5.74) is 0. The van der Waals surface area contributed by atoms with E-state index >= 15 is 0 Å². The second kappa shape index (κ2) is 13.8. The Bertz CT molecular complexity index is 508. The van der Waals surface area contributed by atoms with E-state index in [1.54, 1.807) is 0 Å². The lowest BCUT2D eigenvalue weighted by Gasteiger charge is -2.28. The molecule has 0 bridgehead atoms. The van der Waals surface area contributed by atoms with Crippen LogP contribution in [0.4, 0.5) is 0 Å². The zero-order valence-corrected chi connectivity index (χ0v) is 19.1. The van der Waals surface area contributed by atoms with Crippen molar-refractivity contribution in [3.05, 3.63) is 24.3 Å². The number of ether oxygens (including phenoxy) is 3. The molecule has 0 radical (unpaired) electrons. The van der Waals surface area contributed by atoms with Crippen LogP contribution in [0.3, 0.4) is 0 Å². The molecule has 1 aliphatic rings. The van der Waals surface area contributed by atoms with Gasteiger partial charge in [0.15, 0.2) is 24.0 Å². The Morgan fingerprint density at radius 2 is 1.17 bits per heavy atom. The van der Waals surface area contributed by atoms with E-state index in [2.05, 4.69) is 37.7 Å². The average molecular weight is 407 g/mol. The smallest absolute Gasteiger partial charge is 0.176 e. The summed E-state index contributed by atoms with van der Waals surface area (Å²) in [5, 5.41) is 0. The molecule has 0 spiro atoms. The number of nitrogens with zero attached hydrogens (tertiary/aromatic N) is 2. The van der Waals surface area contributed by atoms with Gasteiger partial charge in [0.1, 0.15) is 0 Å². The monoisotopic (exact) mass is 406 g/mol. The van der Waals surface area contributed by atoms with E-state index in [-0.39, 0.29) is 12.5 Å². The molecule has 5 nitrogen and oxygen atoms in total. The number of rotatable bonds is 12. The number of hydrogen-bond acceptors (Lipinski definition) is 5. The Morgan fingerprint density at radius 3 is 1.59 bits per heavy atom. The van der Waals surface area contributed by atoms with Gasteiger partial charge in [-0.3, -0.25) is 9.80 Å². The molecule has 0 fully saturated rings. The van der Waals surface area contributed by atoms with Gasteiger partial charge >= 0.3 is 0 Å². The van der Waals surface area contributed by atoms with Gasteiger partial charge in [-0.25, -0.2) is 0 Å². The third-order valence-electron chi connectivity index (χ3n) is 5.61. The minimum absolute atomic E-state index is 0.102. The second-order valence-corrected chi connectivity index (χ2v) is 8.21. The number of unbranched alkanes of at least 4 members (excludes halogenated alkanes) is 6. The van der Waals surface area contributed by atoms with Crippen LogP contribution in [0.15, 0.2) is 24.3 Å². The lowest BCUT2D eigenvalue weighted by molar-refractivity contribution is -0.0634. The summed E-state index contributed by atoms with van der Waals surface area (Å²) >= 11 is 0. The van der Waals surface area contributed by atoms with E-state index < -0.39 is 0 Å². The molecule has 1 heterocycles. The maximum atomic E-state index is 6.33. The molecule has 0 N–H and O–H groups in total. The third kappa shape index (κ3) is 8.53. The van der Waals surface area contributed by atoms with Crippen LogP contribution in [-0.4, -0.2) is 62.7 Å². The molecule has 0 saturated carbocycles. The summed E-state index contributed by atoms with van der Waals surface area (Å²) < 4.78 is 18.7. The summed E-state index contributed by atoms with van der Waals surface area (Å²) in [6, 6.07) is 8.00. The summed E-state index contributed by atoms with van der Waals surface area (Å²) in [4.78, 5) is 4.53. The predicted molar refractivity (Wildman–Crippen MR) is 120 cm³/mol. The van der Waals surface area contributed by atoms with Crippen molar-refractivity contribution in [3.8, 4) is 11.5 Å². The van der Waals surface area contributed by atoms with Crippen molar-refractivity contribution in [2.75, 3.05) is 40.4 Å². The van der Waals surface area contributed by atoms with Crippen LogP contribution in [0.25, 0.3) is 0 Å². The minimum atomic E-state index is -0.102. The fourth-order valence-electron chi connectivity index (χ4n) is 3.57. The predicted octanol–water partition coefficient (Wildman–Crippen LogP) is 5.15. The van der Waals surface area contributed by atoms with Crippen LogP contribution < -0.4 is 9.47 Å². The highest BCUT2D eigenvalue weighted by molar-refractivity contribution is 5.39. The maximum absolute atomic E-state index is 6.33. The van der Waals surface area contributed by atoms with Crippen molar-refractivity contribution >= 4 is 0 Å². The molecule has 29 heavy (non-hydrogen) atoms. The van der Waals surface area contributed by atoms with Gasteiger partial charge in [-0.2, -0.15) is 0 Å². The van der Waals surface area contributed by atoms with Gasteiger partial charge in [-0.1, -0.05) is 64.5 Å². The van der Waals surface area contributed by atoms with Crippen molar-refractivity contribution in [1.82, 2.24) is 9.80 Å². The van der Waals surface area contributed by atoms with E-state index in [1.165, 1.54) is 51.4 Å². The van der Waals surface area contributed by atoms with Gasteiger partial charge in [0.25, 0.3) is 0 Å². The normalized spacial score (nSPS) is 19.8. The fraction of sp³-hybridized carbons (Fsp3) is 0.750. The number of hydrogen-bond donors (Lipinski definition) is 0. The lowest BCUT2D eigenvalue weighted by Crippen LogP contribution is -2.43. The first kappa shape index (κ1) is 24.0. The lowest BCUT2D eigenvalue weighted by atomic mass is 10.2. The molecule has 1 aromatic carbocycles. The first-order chi connectivity index (χ1) is 14.2. The van der Waals surface area contributed by atoms with Gasteiger partial charge < -0.3 is 14.2 Å². The number of para-hydroxylation sites is 2. The van der Waals surface area contributed by atoms with Crippen molar-refractivity contribution in [1.29, 1.82) is 0 Å². The quantitative estimate of drug-likeness (QED) is 0.448. The molecule has 2 rings (SSSR count). The largest absolute Gasteiger partial charge is 0.469 e. The van der Waals surface area contributed by atoms with Gasteiger partial charge in [0.05, 0.1) is 13.2 Å². The molecular weight excluding hydrogens is 364 g/mol. The van der Waals surface area contributed by atoms with Gasteiger partial charge in [-0.05, 0) is 39.1 Å². The fourth-order valence-corrected chi connectivity index (χ4v) is 3.57. The number of likely N-dealkylation sites (N-methyl/N-ethyl adjacent to an activating group) is 2. The number of benzene rings is 1. The summed E-state index contributed by atoms with van der Waals surface area (Å²) in [7, 11) is 4.25. The molecule has 1 aliphatic heterocycles. The van der Waals surface area contributed by atoms with Crippen LogP contribution in [0.2, 0.25) is 0 Å². The molecule has 2 unspecified atom stereocenters. The molecule has 0 saturated heterocycles. The molecule has 2 atom stereocenters. The van der Waals surface area contributed by atoms with Gasteiger partial charge in [0, 0.05) is 13.1 Å². The van der Waals surface area contributed by atoms with Crippen LogP contribution in [0.1, 0.15) is 65.2 Å². The van der Waals surface area contributed by atoms with E-state index in [4.69, 9.17) is 14.2 Å². The summed E-state index contributed by atoms with van der Waals surface area (Å²) in [6.07, 6.45) is 9.78. The van der Waals surface area contributed by atoms with Crippen LogP contribution in [-0.2, 0) is 4.74 Å². The van der Waals surface area contributed by atoms with E-state index in [9.17, 15) is 0 Å². The maximum Gasteiger partial charge on any atom is 0.176 e. The van der Waals surface area contributed by atoms with Crippen molar-refractivity contribution in [2.45, 2.75) is 77.7 Å². The molecule has 166 valence electrons. The Labute approximate surface area is 178 Å². The summed E-state index contributed by atoms with van der Waals surface area (Å²) in [6.45, 7) is 7.60. The first-order valence-electron chi connectivity index (χ1n) is 11.6. The topological polar surface area (TPSA) is 34.2 Å². The second-order valence-electron chi connectivity index (χ2n) is 8.21. The molecule has 0 amide bonds. The molecular formula is C24H42N2O3. The minimum Gasteiger partial charge on any atom is -0.469 e.